The Morgan fingerprint density at radius 1 is 0.719 bits per heavy atom. The van der Waals surface area contributed by atoms with E-state index in [4.69, 9.17) is 24.4 Å². The van der Waals surface area contributed by atoms with Gasteiger partial charge in [-0.05, 0) is 93.4 Å². The molecule has 10 heteroatoms. The summed E-state index contributed by atoms with van der Waals surface area (Å²) in [4.78, 5) is 25.0. The Bertz CT molecular complexity index is 953. The van der Waals surface area contributed by atoms with E-state index < -0.39 is 0 Å². The maximum Gasteiger partial charge on any atom is 0.258 e. The van der Waals surface area contributed by atoms with Crippen molar-refractivity contribution in [1.82, 2.24) is 21.3 Å². The van der Waals surface area contributed by atoms with Crippen LogP contribution in [0.25, 0.3) is 0 Å². The second-order valence-electron chi connectivity index (χ2n) is 7.31. The summed E-state index contributed by atoms with van der Waals surface area (Å²) in [6.07, 6.45) is 3.80. The van der Waals surface area contributed by atoms with Crippen LogP contribution in [-0.4, -0.2) is 34.1 Å². The van der Waals surface area contributed by atoms with E-state index in [1.54, 1.807) is 36.4 Å². The number of hydrogen-bond acceptors (Lipinski definition) is 4. The van der Waals surface area contributed by atoms with Crippen LogP contribution in [0.3, 0.4) is 0 Å². The first kappa shape index (κ1) is 24.8. The Labute approximate surface area is 214 Å². The molecule has 0 aromatic heterocycles. The molecule has 1 aliphatic rings. The second-order valence-corrected chi connectivity index (χ2v) is 9.84. The van der Waals surface area contributed by atoms with Crippen molar-refractivity contribution in [3.05, 3.63) is 68.6 Å². The summed E-state index contributed by atoms with van der Waals surface area (Å²) < 4.78 is 1.40. The normalized spacial score (nSPS) is 17.7. The number of carbonyl (C=O) groups excluding carboxylic acids is 2. The molecule has 1 aliphatic carbocycles. The number of hydrogen-bond donors (Lipinski definition) is 4. The first-order chi connectivity index (χ1) is 15.3. The van der Waals surface area contributed by atoms with Crippen LogP contribution in [0, 0.1) is 0 Å². The lowest BCUT2D eigenvalue weighted by Crippen LogP contribution is -2.57. The maximum atomic E-state index is 12.5. The van der Waals surface area contributed by atoms with Gasteiger partial charge < -0.3 is 10.6 Å². The lowest BCUT2D eigenvalue weighted by molar-refractivity contribution is 0.0966. The minimum Gasteiger partial charge on any atom is -0.358 e. The SMILES string of the molecule is O=C(NC(=S)NC1CCCCC1NC(=S)NC(=O)c1ccccc1Br)c1ccccc1Br. The molecular formula is C22H22Br2N4O2S2. The number of thiocarbonyl (C=S) groups is 2. The highest BCUT2D eigenvalue weighted by atomic mass is 79.9. The van der Waals surface area contributed by atoms with E-state index in [2.05, 4.69) is 53.1 Å². The summed E-state index contributed by atoms with van der Waals surface area (Å²) in [5, 5.41) is 12.4. The zero-order chi connectivity index (χ0) is 23.1. The molecule has 0 heterocycles. The van der Waals surface area contributed by atoms with Crippen LogP contribution in [0.1, 0.15) is 46.4 Å². The molecule has 2 aromatic rings. The molecular weight excluding hydrogens is 576 g/mol. The summed E-state index contributed by atoms with van der Waals surface area (Å²) >= 11 is 17.5. The molecule has 0 radical (unpaired) electrons. The minimum absolute atomic E-state index is 0.0333. The molecule has 0 spiro atoms. The minimum atomic E-state index is -0.286. The fourth-order valence-electron chi connectivity index (χ4n) is 3.52. The van der Waals surface area contributed by atoms with Gasteiger partial charge in [-0.2, -0.15) is 0 Å². The summed E-state index contributed by atoms with van der Waals surface area (Å²) in [7, 11) is 0. The van der Waals surface area contributed by atoms with Crippen LogP contribution in [0.2, 0.25) is 0 Å². The summed E-state index contributed by atoms with van der Waals surface area (Å²) in [5.41, 5.74) is 1.01. The van der Waals surface area contributed by atoms with Crippen molar-refractivity contribution in [2.24, 2.45) is 0 Å². The lowest BCUT2D eigenvalue weighted by atomic mass is 9.90. The van der Waals surface area contributed by atoms with E-state index in [0.717, 1.165) is 25.7 Å². The van der Waals surface area contributed by atoms with Gasteiger partial charge in [-0.15, -0.1) is 0 Å². The van der Waals surface area contributed by atoms with E-state index in [9.17, 15) is 9.59 Å². The fraction of sp³-hybridized carbons (Fsp3) is 0.273. The number of amides is 2. The Balaban J connectivity index is 1.56. The molecule has 0 saturated heterocycles. The molecule has 2 amide bonds. The zero-order valence-corrected chi connectivity index (χ0v) is 21.8. The number of nitrogens with one attached hydrogen (secondary N) is 4. The van der Waals surface area contributed by atoms with Gasteiger partial charge in [0, 0.05) is 21.0 Å². The van der Waals surface area contributed by atoms with Crippen LogP contribution in [0.5, 0.6) is 0 Å². The van der Waals surface area contributed by atoms with Crippen LogP contribution in [-0.2, 0) is 0 Å². The zero-order valence-electron chi connectivity index (χ0n) is 17.0. The quantitative estimate of drug-likeness (QED) is 0.390. The molecule has 4 N–H and O–H groups in total. The molecule has 1 fully saturated rings. The van der Waals surface area contributed by atoms with Crippen LogP contribution in [0.4, 0.5) is 0 Å². The molecule has 2 aromatic carbocycles. The van der Waals surface area contributed by atoms with E-state index in [0.29, 0.717) is 20.1 Å². The van der Waals surface area contributed by atoms with E-state index in [-0.39, 0.29) is 34.1 Å². The summed E-state index contributed by atoms with van der Waals surface area (Å²) in [6.45, 7) is 0. The Morgan fingerprint density at radius 3 is 1.47 bits per heavy atom. The predicted molar refractivity (Wildman–Crippen MR) is 141 cm³/mol. The van der Waals surface area contributed by atoms with E-state index in [1.807, 2.05) is 12.1 Å². The Hall–Kier alpha value is -1.88. The maximum absolute atomic E-state index is 12.5. The molecule has 2 unspecified atom stereocenters. The van der Waals surface area contributed by atoms with Gasteiger partial charge in [0.1, 0.15) is 0 Å². The number of halogens is 2. The van der Waals surface area contributed by atoms with Gasteiger partial charge >= 0.3 is 0 Å². The predicted octanol–water partition coefficient (Wildman–Crippen LogP) is 4.43. The molecule has 2 atom stereocenters. The van der Waals surface area contributed by atoms with Crippen LogP contribution in [0.15, 0.2) is 57.5 Å². The van der Waals surface area contributed by atoms with Gasteiger partial charge in [0.15, 0.2) is 10.2 Å². The highest BCUT2D eigenvalue weighted by Crippen LogP contribution is 2.20. The molecule has 32 heavy (non-hydrogen) atoms. The average Bonchev–Trinajstić information content (AvgIpc) is 2.75. The van der Waals surface area contributed by atoms with Crippen LogP contribution < -0.4 is 21.3 Å². The Kier molecular flexibility index (Phi) is 9.15. The first-order valence-corrected chi connectivity index (χ1v) is 12.5. The average molecular weight is 598 g/mol. The van der Waals surface area contributed by atoms with E-state index in [1.165, 1.54) is 0 Å². The number of carbonyl (C=O) groups is 2. The smallest absolute Gasteiger partial charge is 0.258 e. The van der Waals surface area contributed by atoms with Gasteiger partial charge in [-0.3, -0.25) is 20.2 Å². The second kappa shape index (κ2) is 11.8. The number of benzene rings is 2. The highest BCUT2D eigenvalue weighted by Gasteiger charge is 2.27. The third-order valence-corrected chi connectivity index (χ3v) is 6.91. The molecule has 0 bridgehead atoms. The van der Waals surface area contributed by atoms with Gasteiger partial charge in [0.25, 0.3) is 11.8 Å². The van der Waals surface area contributed by atoms with Crippen molar-refractivity contribution in [1.29, 1.82) is 0 Å². The van der Waals surface area contributed by atoms with Crippen molar-refractivity contribution in [3.8, 4) is 0 Å². The largest absolute Gasteiger partial charge is 0.358 e. The highest BCUT2D eigenvalue weighted by molar-refractivity contribution is 9.10. The lowest BCUT2D eigenvalue weighted by Gasteiger charge is -2.34. The van der Waals surface area contributed by atoms with Crippen molar-refractivity contribution in [3.63, 3.8) is 0 Å². The third kappa shape index (κ3) is 6.81. The molecule has 6 nitrogen and oxygen atoms in total. The monoisotopic (exact) mass is 596 g/mol. The molecule has 3 rings (SSSR count). The molecule has 0 aliphatic heterocycles. The standard InChI is InChI=1S/C22H22Br2N4O2S2/c23-15-9-3-1-7-13(15)19(29)27-21(31)25-17-11-5-6-12-18(17)26-22(32)28-20(30)14-8-2-4-10-16(14)24/h1-4,7-10,17-18H,5-6,11-12H2,(H2,25,27,29,31)(H2,26,28,30,32). The topological polar surface area (TPSA) is 82.3 Å². The molecule has 168 valence electrons. The van der Waals surface area contributed by atoms with Gasteiger partial charge in [-0.25, -0.2) is 0 Å². The van der Waals surface area contributed by atoms with Crippen molar-refractivity contribution < 1.29 is 9.59 Å². The van der Waals surface area contributed by atoms with Crippen molar-refractivity contribution in [2.75, 3.05) is 0 Å². The van der Waals surface area contributed by atoms with Gasteiger partial charge in [-0.1, -0.05) is 37.1 Å². The molecule has 1 saturated carbocycles. The summed E-state index contributed by atoms with van der Waals surface area (Å²) in [6, 6.07) is 14.2. The van der Waals surface area contributed by atoms with Crippen molar-refractivity contribution in [2.45, 2.75) is 37.8 Å². The van der Waals surface area contributed by atoms with Crippen LogP contribution >= 0.6 is 56.3 Å². The Morgan fingerprint density at radius 2 is 1.09 bits per heavy atom. The van der Waals surface area contributed by atoms with Gasteiger partial charge in [0.05, 0.1) is 11.1 Å². The number of rotatable bonds is 4. The summed E-state index contributed by atoms with van der Waals surface area (Å²) in [5.74, 6) is -0.571. The van der Waals surface area contributed by atoms with E-state index >= 15 is 0 Å². The third-order valence-electron chi connectivity index (χ3n) is 5.09. The van der Waals surface area contributed by atoms with Crippen molar-refractivity contribution >= 4 is 78.3 Å². The van der Waals surface area contributed by atoms with Gasteiger partial charge in [0.2, 0.25) is 0 Å². The fourth-order valence-corrected chi connectivity index (χ4v) is 4.93. The first-order valence-electron chi connectivity index (χ1n) is 10.1.